The molecule has 0 aromatic carbocycles. The predicted octanol–water partition coefficient (Wildman–Crippen LogP) is 0.882. The molecule has 2 amide bonds. The minimum absolute atomic E-state index is 0.353. The molecule has 1 aliphatic rings. The average Bonchev–Trinajstić information content (AvgIpc) is 2.38. The van der Waals surface area contributed by atoms with E-state index in [1.807, 2.05) is 0 Å². The van der Waals surface area contributed by atoms with Crippen LogP contribution < -0.4 is 10.6 Å². The van der Waals surface area contributed by atoms with Gasteiger partial charge in [-0.3, -0.25) is 4.98 Å². The van der Waals surface area contributed by atoms with E-state index in [1.165, 1.54) is 7.11 Å². The number of ether oxygens (including phenoxy) is 1. The third-order valence-electron chi connectivity index (χ3n) is 2.69. The van der Waals surface area contributed by atoms with Crippen LogP contribution in [0, 0.1) is 0 Å². The first-order chi connectivity index (χ1) is 8.63. The first-order valence-electron chi connectivity index (χ1n) is 5.40. The van der Waals surface area contributed by atoms with Crippen molar-refractivity contribution in [3.63, 3.8) is 0 Å². The second-order valence-corrected chi connectivity index (χ2v) is 3.85. The van der Waals surface area contributed by atoms with Crippen LogP contribution in [0.5, 0.6) is 0 Å². The number of carbonyl (C=O) groups excluding carboxylic acids is 2. The maximum atomic E-state index is 11.8. The number of pyridine rings is 1. The monoisotopic (exact) mass is 247 g/mol. The Balaban J connectivity index is 2.46. The summed E-state index contributed by atoms with van der Waals surface area (Å²) in [4.78, 5) is 27.2. The molecule has 6 nitrogen and oxygen atoms in total. The van der Waals surface area contributed by atoms with E-state index >= 15 is 0 Å². The summed E-state index contributed by atoms with van der Waals surface area (Å²) < 4.78 is 4.74. The van der Waals surface area contributed by atoms with Crippen LogP contribution in [0.4, 0.5) is 4.79 Å². The van der Waals surface area contributed by atoms with Crippen LogP contribution in [0.15, 0.2) is 35.8 Å². The SMILES string of the molecule is COC(=O)C1=C(C)NC(=O)N[C@@H]1c1cccnc1. The lowest BCUT2D eigenvalue weighted by molar-refractivity contribution is -0.136. The fourth-order valence-electron chi connectivity index (χ4n) is 1.87. The van der Waals surface area contributed by atoms with Gasteiger partial charge in [-0.1, -0.05) is 6.07 Å². The smallest absolute Gasteiger partial charge is 0.337 e. The fraction of sp³-hybridized carbons (Fsp3) is 0.250. The molecule has 0 bridgehead atoms. The van der Waals surface area contributed by atoms with Crippen LogP contribution >= 0.6 is 0 Å². The Labute approximate surface area is 104 Å². The van der Waals surface area contributed by atoms with Gasteiger partial charge in [0, 0.05) is 18.1 Å². The van der Waals surface area contributed by atoms with Crippen LogP contribution in [-0.4, -0.2) is 24.1 Å². The number of urea groups is 1. The number of nitrogens with one attached hydrogen (secondary N) is 2. The van der Waals surface area contributed by atoms with Crippen molar-refractivity contribution in [2.75, 3.05) is 7.11 Å². The summed E-state index contributed by atoms with van der Waals surface area (Å²) >= 11 is 0. The number of aromatic nitrogens is 1. The van der Waals surface area contributed by atoms with Gasteiger partial charge < -0.3 is 15.4 Å². The maximum Gasteiger partial charge on any atom is 0.337 e. The van der Waals surface area contributed by atoms with E-state index in [2.05, 4.69) is 15.6 Å². The van der Waals surface area contributed by atoms with E-state index in [0.29, 0.717) is 11.3 Å². The molecule has 1 aliphatic heterocycles. The second kappa shape index (κ2) is 4.87. The molecule has 2 rings (SSSR count). The predicted molar refractivity (Wildman–Crippen MR) is 63.4 cm³/mol. The van der Waals surface area contributed by atoms with Crippen molar-refractivity contribution >= 4 is 12.0 Å². The van der Waals surface area contributed by atoms with Gasteiger partial charge in [0.2, 0.25) is 0 Å². The van der Waals surface area contributed by atoms with Gasteiger partial charge in [0.1, 0.15) is 0 Å². The average molecular weight is 247 g/mol. The van der Waals surface area contributed by atoms with Crippen LogP contribution in [0.3, 0.4) is 0 Å². The van der Waals surface area contributed by atoms with E-state index in [0.717, 1.165) is 5.56 Å². The highest BCUT2D eigenvalue weighted by atomic mass is 16.5. The standard InChI is InChI=1S/C12H13N3O3/c1-7-9(11(16)18-2)10(15-12(17)14-7)8-4-3-5-13-6-8/h3-6,10H,1-2H3,(H2,14,15,17)/t10-/m1/s1. The topological polar surface area (TPSA) is 80.3 Å². The molecule has 0 radical (unpaired) electrons. The Bertz CT molecular complexity index is 511. The minimum atomic E-state index is -0.542. The quantitative estimate of drug-likeness (QED) is 0.760. The highest BCUT2D eigenvalue weighted by molar-refractivity contribution is 5.94. The number of allylic oxidation sites excluding steroid dienone is 1. The van der Waals surface area contributed by atoms with Crippen molar-refractivity contribution in [3.05, 3.63) is 41.4 Å². The summed E-state index contributed by atoms with van der Waals surface area (Å²) in [6.45, 7) is 1.66. The summed E-state index contributed by atoms with van der Waals surface area (Å²) in [5, 5.41) is 5.23. The van der Waals surface area contributed by atoms with Crippen LogP contribution in [0.2, 0.25) is 0 Å². The van der Waals surface area contributed by atoms with E-state index in [9.17, 15) is 9.59 Å². The van der Waals surface area contributed by atoms with Crippen molar-refractivity contribution < 1.29 is 14.3 Å². The molecule has 1 aromatic heterocycles. The molecule has 2 N–H and O–H groups in total. The molecule has 0 fully saturated rings. The van der Waals surface area contributed by atoms with Crippen LogP contribution in [-0.2, 0) is 9.53 Å². The molecule has 0 spiro atoms. The number of methoxy groups -OCH3 is 1. The van der Waals surface area contributed by atoms with E-state index in [1.54, 1.807) is 31.5 Å². The van der Waals surface area contributed by atoms with Gasteiger partial charge in [0.05, 0.1) is 18.7 Å². The van der Waals surface area contributed by atoms with Crippen LogP contribution in [0.1, 0.15) is 18.5 Å². The van der Waals surface area contributed by atoms with Crippen molar-refractivity contribution in [3.8, 4) is 0 Å². The third kappa shape index (κ3) is 2.17. The van der Waals surface area contributed by atoms with Gasteiger partial charge in [-0.25, -0.2) is 9.59 Å². The number of carbonyl (C=O) groups is 2. The van der Waals surface area contributed by atoms with Gasteiger partial charge in [-0.2, -0.15) is 0 Å². The van der Waals surface area contributed by atoms with Gasteiger partial charge in [0.25, 0.3) is 0 Å². The van der Waals surface area contributed by atoms with Crippen molar-refractivity contribution in [1.29, 1.82) is 0 Å². The molecule has 1 aromatic rings. The van der Waals surface area contributed by atoms with Crippen molar-refractivity contribution in [2.45, 2.75) is 13.0 Å². The lowest BCUT2D eigenvalue weighted by Crippen LogP contribution is -2.45. The number of amides is 2. The summed E-state index contributed by atoms with van der Waals surface area (Å²) in [6.07, 6.45) is 3.23. The molecule has 0 aliphatic carbocycles. The number of hydrogen-bond acceptors (Lipinski definition) is 4. The molecular weight excluding hydrogens is 234 g/mol. The summed E-state index contributed by atoms with van der Waals surface area (Å²) in [7, 11) is 1.30. The lowest BCUT2D eigenvalue weighted by atomic mass is 9.97. The van der Waals surface area contributed by atoms with Gasteiger partial charge >= 0.3 is 12.0 Å². The molecule has 0 saturated carbocycles. The van der Waals surface area contributed by atoms with Gasteiger partial charge in [0.15, 0.2) is 0 Å². The molecule has 2 heterocycles. The summed E-state index contributed by atoms with van der Waals surface area (Å²) in [6, 6.07) is 2.64. The van der Waals surface area contributed by atoms with Gasteiger partial charge in [-0.15, -0.1) is 0 Å². The number of rotatable bonds is 2. The molecule has 18 heavy (non-hydrogen) atoms. The molecule has 94 valence electrons. The number of hydrogen-bond donors (Lipinski definition) is 2. The third-order valence-corrected chi connectivity index (χ3v) is 2.69. The Morgan fingerprint density at radius 2 is 2.28 bits per heavy atom. The summed E-state index contributed by atoms with van der Waals surface area (Å²) in [5.74, 6) is -0.478. The molecule has 1 atom stereocenters. The number of esters is 1. The largest absolute Gasteiger partial charge is 0.466 e. The van der Waals surface area contributed by atoms with Crippen molar-refractivity contribution in [2.24, 2.45) is 0 Å². The Kier molecular flexibility index (Phi) is 3.27. The molecule has 0 saturated heterocycles. The zero-order chi connectivity index (χ0) is 13.1. The van der Waals surface area contributed by atoms with Crippen molar-refractivity contribution in [1.82, 2.24) is 15.6 Å². The fourth-order valence-corrected chi connectivity index (χ4v) is 1.87. The minimum Gasteiger partial charge on any atom is -0.466 e. The second-order valence-electron chi connectivity index (χ2n) is 3.85. The Hall–Kier alpha value is -2.37. The highest BCUT2D eigenvalue weighted by Crippen LogP contribution is 2.26. The first kappa shape index (κ1) is 12.1. The van der Waals surface area contributed by atoms with E-state index in [4.69, 9.17) is 4.74 Å². The lowest BCUT2D eigenvalue weighted by Gasteiger charge is -2.27. The Morgan fingerprint density at radius 3 is 2.89 bits per heavy atom. The highest BCUT2D eigenvalue weighted by Gasteiger charge is 2.31. The zero-order valence-corrected chi connectivity index (χ0v) is 10.1. The molecule has 0 unspecified atom stereocenters. The van der Waals surface area contributed by atoms with E-state index in [-0.39, 0.29) is 6.03 Å². The summed E-state index contributed by atoms with van der Waals surface area (Å²) in [5.41, 5.74) is 1.59. The van der Waals surface area contributed by atoms with Crippen LogP contribution in [0.25, 0.3) is 0 Å². The first-order valence-corrected chi connectivity index (χ1v) is 5.40. The molecule has 6 heteroatoms. The normalized spacial score (nSPS) is 19.0. The van der Waals surface area contributed by atoms with Gasteiger partial charge in [-0.05, 0) is 18.6 Å². The Morgan fingerprint density at radius 1 is 1.50 bits per heavy atom. The zero-order valence-electron chi connectivity index (χ0n) is 10.1. The maximum absolute atomic E-state index is 11.8. The number of nitrogens with zero attached hydrogens (tertiary/aromatic N) is 1. The van der Waals surface area contributed by atoms with E-state index < -0.39 is 12.0 Å². The molecular formula is C12H13N3O3.